The summed E-state index contributed by atoms with van der Waals surface area (Å²) in [5, 5.41) is 0. The van der Waals surface area contributed by atoms with Crippen LogP contribution in [0.15, 0.2) is 30.3 Å². The summed E-state index contributed by atoms with van der Waals surface area (Å²) in [6.45, 7) is 5.84. The van der Waals surface area contributed by atoms with E-state index >= 15 is 0 Å². The topological polar surface area (TPSA) is 26.3 Å². The Morgan fingerprint density at radius 2 is 1.74 bits per heavy atom. The summed E-state index contributed by atoms with van der Waals surface area (Å²) in [4.78, 5) is 11.0. The summed E-state index contributed by atoms with van der Waals surface area (Å²) in [7, 11) is 0. The first kappa shape index (κ1) is 13.3. The first-order valence-electron chi connectivity index (χ1n) is 6.03. The molecule has 0 saturated carbocycles. The van der Waals surface area contributed by atoms with Gasteiger partial charge in [0.15, 0.2) is 6.29 Å². The lowest BCUT2D eigenvalue weighted by Gasteiger charge is -2.14. The van der Waals surface area contributed by atoms with Gasteiger partial charge >= 0.3 is 0 Å². The molecule has 0 aliphatic rings. The second-order valence-electron chi connectivity index (χ2n) is 4.53. The number of halogens is 1. The molecule has 2 aromatic rings. The fourth-order valence-electron chi connectivity index (χ4n) is 1.91. The van der Waals surface area contributed by atoms with E-state index in [-0.39, 0.29) is 11.3 Å². The number of hydrogen-bond donors (Lipinski definition) is 0. The minimum Gasteiger partial charge on any atom is -0.456 e. The number of hydrogen-bond acceptors (Lipinski definition) is 2. The van der Waals surface area contributed by atoms with Crippen molar-refractivity contribution < 1.29 is 13.9 Å². The standard InChI is InChI=1S/C16H15FO2/c1-10-7-8-11(2)16(12(10)3)19-15-6-4-5-14(17)13(15)9-18/h4-9H,1-3H3. The summed E-state index contributed by atoms with van der Waals surface area (Å²) < 4.78 is 19.3. The molecule has 0 atom stereocenters. The maximum absolute atomic E-state index is 13.5. The van der Waals surface area contributed by atoms with Crippen molar-refractivity contribution in [2.75, 3.05) is 0 Å². The van der Waals surface area contributed by atoms with Gasteiger partial charge in [-0.25, -0.2) is 4.39 Å². The average molecular weight is 258 g/mol. The lowest BCUT2D eigenvalue weighted by Crippen LogP contribution is -1.98. The molecule has 0 amide bonds. The molecule has 0 saturated heterocycles. The van der Waals surface area contributed by atoms with Gasteiger partial charge in [-0.15, -0.1) is 0 Å². The molecule has 0 aliphatic heterocycles. The van der Waals surface area contributed by atoms with E-state index < -0.39 is 5.82 Å². The van der Waals surface area contributed by atoms with Gasteiger partial charge in [-0.2, -0.15) is 0 Å². The minimum absolute atomic E-state index is 0.0530. The summed E-state index contributed by atoms with van der Waals surface area (Å²) in [5.41, 5.74) is 2.97. The fraction of sp³-hybridized carbons (Fsp3) is 0.188. The summed E-state index contributed by atoms with van der Waals surface area (Å²) >= 11 is 0. The number of rotatable bonds is 3. The normalized spacial score (nSPS) is 10.3. The Morgan fingerprint density at radius 1 is 1.05 bits per heavy atom. The van der Waals surface area contributed by atoms with Crippen LogP contribution in [-0.4, -0.2) is 6.29 Å². The minimum atomic E-state index is -0.574. The highest BCUT2D eigenvalue weighted by atomic mass is 19.1. The molecule has 3 heteroatoms. The predicted octanol–water partition coefficient (Wildman–Crippen LogP) is 4.36. The molecule has 98 valence electrons. The van der Waals surface area contributed by atoms with Gasteiger partial charge in [0.1, 0.15) is 17.3 Å². The summed E-state index contributed by atoms with van der Waals surface area (Å²) in [6, 6.07) is 8.31. The molecule has 2 aromatic carbocycles. The molecule has 0 fully saturated rings. The Kier molecular flexibility index (Phi) is 3.65. The number of aldehydes is 1. The molecule has 0 N–H and O–H groups in total. The molecule has 2 nitrogen and oxygen atoms in total. The first-order valence-corrected chi connectivity index (χ1v) is 6.03. The lowest BCUT2D eigenvalue weighted by atomic mass is 10.1. The molecule has 0 aromatic heterocycles. The third kappa shape index (κ3) is 2.50. The zero-order valence-corrected chi connectivity index (χ0v) is 11.2. The molecular weight excluding hydrogens is 243 g/mol. The van der Waals surface area contributed by atoms with E-state index in [1.54, 1.807) is 6.07 Å². The van der Waals surface area contributed by atoms with Crippen molar-refractivity contribution in [3.63, 3.8) is 0 Å². The number of benzene rings is 2. The maximum Gasteiger partial charge on any atom is 0.156 e. The molecule has 2 rings (SSSR count). The van der Waals surface area contributed by atoms with Crippen LogP contribution in [0, 0.1) is 26.6 Å². The molecule has 19 heavy (non-hydrogen) atoms. The Labute approximate surface area is 111 Å². The predicted molar refractivity (Wildman–Crippen MR) is 72.5 cm³/mol. The van der Waals surface area contributed by atoms with Crippen LogP contribution in [0.1, 0.15) is 27.0 Å². The SMILES string of the molecule is Cc1ccc(C)c(Oc2cccc(F)c2C=O)c1C. The van der Waals surface area contributed by atoms with Crippen LogP contribution in [-0.2, 0) is 0 Å². The van der Waals surface area contributed by atoms with Crippen LogP contribution in [0.25, 0.3) is 0 Å². The zero-order chi connectivity index (χ0) is 14.0. The van der Waals surface area contributed by atoms with Gasteiger partial charge in [0, 0.05) is 0 Å². The maximum atomic E-state index is 13.5. The average Bonchev–Trinajstić information content (AvgIpc) is 2.39. The fourth-order valence-corrected chi connectivity index (χ4v) is 1.91. The second kappa shape index (κ2) is 5.22. The first-order chi connectivity index (χ1) is 9.04. The van der Waals surface area contributed by atoms with Gasteiger partial charge in [-0.1, -0.05) is 18.2 Å². The molecule has 0 radical (unpaired) electrons. The van der Waals surface area contributed by atoms with Crippen molar-refractivity contribution in [3.8, 4) is 11.5 Å². The number of carbonyl (C=O) groups excluding carboxylic acids is 1. The second-order valence-corrected chi connectivity index (χ2v) is 4.53. The van der Waals surface area contributed by atoms with Gasteiger partial charge in [0.2, 0.25) is 0 Å². The third-order valence-corrected chi connectivity index (χ3v) is 3.22. The van der Waals surface area contributed by atoms with Crippen molar-refractivity contribution >= 4 is 6.29 Å². The Bertz CT molecular complexity index is 633. The largest absolute Gasteiger partial charge is 0.456 e. The van der Waals surface area contributed by atoms with E-state index in [1.165, 1.54) is 12.1 Å². The molecule has 0 aliphatic carbocycles. The zero-order valence-electron chi connectivity index (χ0n) is 11.2. The lowest BCUT2D eigenvalue weighted by molar-refractivity contribution is 0.111. The Balaban J connectivity index is 2.51. The van der Waals surface area contributed by atoms with Crippen molar-refractivity contribution in [2.45, 2.75) is 20.8 Å². The molecule has 0 spiro atoms. The van der Waals surface area contributed by atoms with Gasteiger partial charge in [-0.05, 0) is 49.6 Å². The quantitative estimate of drug-likeness (QED) is 0.765. The van der Waals surface area contributed by atoms with Crippen molar-refractivity contribution in [1.29, 1.82) is 0 Å². The van der Waals surface area contributed by atoms with Crippen LogP contribution >= 0.6 is 0 Å². The van der Waals surface area contributed by atoms with E-state index in [1.807, 2.05) is 32.9 Å². The van der Waals surface area contributed by atoms with E-state index in [0.29, 0.717) is 12.0 Å². The van der Waals surface area contributed by atoms with E-state index in [9.17, 15) is 9.18 Å². The smallest absolute Gasteiger partial charge is 0.156 e. The Hall–Kier alpha value is -2.16. The highest BCUT2D eigenvalue weighted by Crippen LogP contribution is 2.32. The van der Waals surface area contributed by atoms with E-state index in [2.05, 4.69) is 0 Å². The molecule has 0 bridgehead atoms. The van der Waals surface area contributed by atoms with Gasteiger partial charge in [-0.3, -0.25) is 4.79 Å². The molecule has 0 unspecified atom stereocenters. The number of carbonyl (C=O) groups is 1. The number of aryl methyl sites for hydroxylation is 2. The summed E-state index contributed by atoms with van der Waals surface area (Å²) in [6.07, 6.45) is 0.477. The van der Waals surface area contributed by atoms with Gasteiger partial charge < -0.3 is 4.74 Å². The van der Waals surface area contributed by atoms with Crippen molar-refractivity contribution in [2.24, 2.45) is 0 Å². The van der Waals surface area contributed by atoms with E-state index in [4.69, 9.17) is 4.74 Å². The van der Waals surface area contributed by atoms with Crippen LogP contribution in [0.4, 0.5) is 4.39 Å². The van der Waals surface area contributed by atoms with Crippen LogP contribution in [0.5, 0.6) is 11.5 Å². The van der Waals surface area contributed by atoms with Gasteiger partial charge in [0.05, 0.1) is 5.56 Å². The van der Waals surface area contributed by atoms with E-state index in [0.717, 1.165) is 16.7 Å². The monoisotopic (exact) mass is 258 g/mol. The summed E-state index contributed by atoms with van der Waals surface area (Å²) in [5.74, 6) is 0.343. The van der Waals surface area contributed by atoms with Crippen molar-refractivity contribution in [3.05, 3.63) is 58.4 Å². The Morgan fingerprint density at radius 3 is 2.42 bits per heavy atom. The van der Waals surface area contributed by atoms with Crippen LogP contribution in [0.3, 0.4) is 0 Å². The molecule has 0 heterocycles. The highest BCUT2D eigenvalue weighted by molar-refractivity contribution is 5.80. The molecular formula is C16H15FO2. The van der Waals surface area contributed by atoms with Crippen molar-refractivity contribution in [1.82, 2.24) is 0 Å². The van der Waals surface area contributed by atoms with Gasteiger partial charge in [0.25, 0.3) is 0 Å². The number of ether oxygens (including phenoxy) is 1. The van der Waals surface area contributed by atoms with Crippen LogP contribution in [0.2, 0.25) is 0 Å². The third-order valence-electron chi connectivity index (χ3n) is 3.22. The van der Waals surface area contributed by atoms with Crippen LogP contribution < -0.4 is 4.74 Å². The highest BCUT2D eigenvalue weighted by Gasteiger charge is 2.13.